The van der Waals surface area contributed by atoms with Gasteiger partial charge in [0.1, 0.15) is 11.3 Å². The van der Waals surface area contributed by atoms with Crippen LogP contribution in [0, 0.1) is 0 Å². The van der Waals surface area contributed by atoms with Crippen LogP contribution in [0.5, 0.6) is 0 Å². The highest BCUT2D eigenvalue weighted by Crippen LogP contribution is 2.38. The number of aryl methyl sites for hydroxylation is 1. The summed E-state index contributed by atoms with van der Waals surface area (Å²) in [4.78, 5) is 9.15. The number of nitrogens with zero attached hydrogens (tertiary/aromatic N) is 3. The van der Waals surface area contributed by atoms with Gasteiger partial charge in [0.05, 0.1) is 0 Å². The molecule has 1 aliphatic carbocycles. The summed E-state index contributed by atoms with van der Waals surface area (Å²) in [5, 5.41) is 0. The quantitative estimate of drug-likeness (QED) is 0.851. The summed E-state index contributed by atoms with van der Waals surface area (Å²) in [5.41, 5.74) is 8.84. The zero-order valence-corrected chi connectivity index (χ0v) is 9.48. The van der Waals surface area contributed by atoms with Crippen molar-refractivity contribution < 1.29 is 0 Å². The maximum Gasteiger partial charge on any atom is 0.160 e. The molecule has 2 aromatic heterocycles. The summed E-state index contributed by atoms with van der Waals surface area (Å²) < 4.78 is 2.30. The van der Waals surface area contributed by atoms with E-state index in [1.54, 1.807) is 0 Å². The Labute approximate surface area is 94.5 Å². The second-order valence-corrected chi connectivity index (χ2v) is 4.33. The van der Waals surface area contributed by atoms with E-state index in [4.69, 9.17) is 5.73 Å². The van der Waals surface area contributed by atoms with Gasteiger partial charge in [0.25, 0.3) is 0 Å². The molecule has 1 fully saturated rings. The lowest BCUT2D eigenvalue weighted by Gasteiger charge is -2.04. The minimum atomic E-state index is 0.532. The summed E-state index contributed by atoms with van der Waals surface area (Å²) in [5.74, 6) is 1.14. The van der Waals surface area contributed by atoms with E-state index < -0.39 is 0 Å². The van der Waals surface area contributed by atoms with Gasteiger partial charge in [0.15, 0.2) is 5.65 Å². The van der Waals surface area contributed by atoms with Crippen LogP contribution >= 0.6 is 0 Å². The number of pyridine rings is 1. The standard InChI is InChI=1S/C12H16N4/c1-2-10-15-11-8(7-13)5-6-14-12(11)16(10)9-3-4-9/h5-6,9H,2-4,7,13H2,1H3. The van der Waals surface area contributed by atoms with Crippen LogP contribution < -0.4 is 5.73 Å². The molecule has 0 aliphatic heterocycles. The fourth-order valence-electron chi connectivity index (χ4n) is 2.22. The molecule has 0 aromatic carbocycles. The van der Waals surface area contributed by atoms with Crippen molar-refractivity contribution >= 4 is 11.2 Å². The monoisotopic (exact) mass is 216 g/mol. The Morgan fingerprint density at radius 2 is 2.31 bits per heavy atom. The van der Waals surface area contributed by atoms with E-state index in [-0.39, 0.29) is 0 Å². The third-order valence-corrected chi connectivity index (χ3v) is 3.18. The van der Waals surface area contributed by atoms with Crippen molar-refractivity contribution in [2.24, 2.45) is 5.73 Å². The lowest BCUT2D eigenvalue weighted by atomic mass is 10.2. The highest BCUT2D eigenvalue weighted by Gasteiger charge is 2.28. The first-order valence-corrected chi connectivity index (χ1v) is 5.90. The van der Waals surface area contributed by atoms with Crippen LogP contribution in [0.3, 0.4) is 0 Å². The molecular formula is C12H16N4. The molecule has 0 spiro atoms. The Bertz CT molecular complexity index is 525. The lowest BCUT2D eigenvalue weighted by Crippen LogP contribution is -2.01. The first kappa shape index (κ1) is 9.78. The number of rotatable bonds is 3. The summed E-state index contributed by atoms with van der Waals surface area (Å²) >= 11 is 0. The Hall–Kier alpha value is -1.42. The van der Waals surface area contributed by atoms with Crippen LogP contribution in [0.1, 0.15) is 37.2 Å². The van der Waals surface area contributed by atoms with Crippen LogP contribution in [-0.2, 0) is 13.0 Å². The summed E-state index contributed by atoms with van der Waals surface area (Å²) in [7, 11) is 0. The molecule has 2 aromatic rings. The molecule has 3 rings (SSSR count). The zero-order chi connectivity index (χ0) is 11.1. The Balaban J connectivity index is 2.29. The summed E-state index contributed by atoms with van der Waals surface area (Å²) in [6, 6.07) is 2.59. The topological polar surface area (TPSA) is 56.7 Å². The molecule has 2 heterocycles. The highest BCUT2D eigenvalue weighted by molar-refractivity contribution is 5.75. The molecule has 4 heteroatoms. The van der Waals surface area contributed by atoms with Crippen molar-refractivity contribution in [3.8, 4) is 0 Å². The molecule has 16 heavy (non-hydrogen) atoms. The fraction of sp³-hybridized carbons (Fsp3) is 0.500. The third kappa shape index (κ3) is 1.33. The zero-order valence-electron chi connectivity index (χ0n) is 9.48. The van der Waals surface area contributed by atoms with Crippen molar-refractivity contribution in [3.05, 3.63) is 23.7 Å². The molecule has 0 atom stereocenters. The first-order valence-electron chi connectivity index (χ1n) is 5.90. The summed E-state index contributed by atoms with van der Waals surface area (Å²) in [6.45, 7) is 2.67. The van der Waals surface area contributed by atoms with Gasteiger partial charge in [-0.2, -0.15) is 0 Å². The molecule has 0 amide bonds. The SMILES string of the molecule is CCc1nc2c(CN)ccnc2n1C1CC1. The molecular weight excluding hydrogens is 200 g/mol. The molecule has 1 saturated carbocycles. The average molecular weight is 216 g/mol. The molecule has 4 nitrogen and oxygen atoms in total. The van der Waals surface area contributed by atoms with Crippen molar-refractivity contribution in [1.29, 1.82) is 0 Å². The number of hydrogen-bond acceptors (Lipinski definition) is 3. The second-order valence-electron chi connectivity index (χ2n) is 4.33. The minimum Gasteiger partial charge on any atom is -0.326 e. The normalized spacial score (nSPS) is 15.9. The predicted molar refractivity (Wildman–Crippen MR) is 63.1 cm³/mol. The fourth-order valence-corrected chi connectivity index (χ4v) is 2.22. The molecule has 0 unspecified atom stereocenters. The molecule has 84 valence electrons. The van der Waals surface area contributed by atoms with Gasteiger partial charge in [-0.3, -0.25) is 0 Å². The molecule has 2 N–H and O–H groups in total. The average Bonchev–Trinajstić information content (AvgIpc) is 3.08. The number of nitrogens with two attached hydrogens (primary N) is 1. The van der Waals surface area contributed by atoms with Crippen LogP contribution in [0.15, 0.2) is 12.3 Å². The van der Waals surface area contributed by atoms with E-state index >= 15 is 0 Å². The second kappa shape index (κ2) is 3.56. The van der Waals surface area contributed by atoms with Crippen molar-refractivity contribution in [1.82, 2.24) is 14.5 Å². The molecule has 0 saturated heterocycles. The number of imidazole rings is 1. The third-order valence-electron chi connectivity index (χ3n) is 3.18. The largest absolute Gasteiger partial charge is 0.326 e. The molecule has 1 aliphatic rings. The van der Waals surface area contributed by atoms with Crippen LogP contribution in [0.4, 0.5) is 0 Å². The van der Waals surface area contributed by atoms with E-state index in [1.807, 2.05) is 12.3 Å². The van der Waals surface area contributed by atoms with Gasteiger partial charge in [0.2, 0.25) is 0 Å². The number of fused-ring (bicyclic) bond motifs is 1. The van der Waals surface area contributed by atoms with E-state index in [9.17, 15) is 0 Å². The van der Waals surface area contributed by atoms with Gasteiger partial charge in [-0.05, 0) is 24.5 Å². The van der Waals surface area contributed by atoms with Gasteiger partial charge in [-0.15, -0.1) is 0 Å². The maximum atomic E-state index is 5.73. The van der Waals surface area contributed by atoms with Crippen molar-refractivity contribution in [3.63, 3.8) is 0 Å². The summed E-state index contributed by atoms with van der Waals surface area (Å²) in [6.07, 6.45) is 5.31. The Kier molecular flexibility index (Phi) is 2.17. The Morgan fingerprint density at radius 3 is 2.94 bits per heavy atom. The predicted octanol–water partition coefficient (Wildman–Crippen LogP) is 1.79. The van der Waals surface area contributed by atoms with Crippen molar-refractivity contribution in [2.45, 2.75) is 38.8 Å². The Morgan fingerprint density at radius 1 is 1.50 bits per heavy atom. The highest BCUT2D eigenvalue weighted by atomic mass is 15.2. The van der Waals surface area contributed by atoms with Gasteiger partial charge < -0.3 is 10.3 Å². The van der Waals surface area contributed by atoms with E-state index in [2.05, 4.69) is 21.5 Å². The van der Waals surface area contributed by atoms with E-state index in [1.165, 1.54) is 12.8 Å². The smallest absolute Gasteiger partial charge is 0.160 e. The van der Waals surface area contributed by atoms with E-state index in [0.29, 0.717) is 12.6 Å². The number of aromatic nitrogens is 3. The lowest BCUT2D eigenvalue weighted by molar-refractivity contribution is 0.702. The maximum absolute atomic E-state index is 5.73. The van der Waals surface area contributed by atoms with Gasteiger partial charge in [0, 0.05) is 25.2 Å². The van der Waals surface area contributed by atoms with Crippen LogP contribution in [0.25, 0.3) is 11.2 Å². The number of hydrogen-bond donors (Lipinski definition) is 1. The van der Waals surface area contributed by atoms with Gasteiger partial charge >= 0.3 is 0 Å². The minimum absolute atomic E-state index is 0.532. The van der Waals surface area contributed by atoms with Crippen molar-refractivity contribution in [2.75, 3.05) is 0 Å². The van der Waals surface area contributed by atoms with Crippen LogP contribution in [-0.4, -0.2) is 14.5 Å². The van der Waals surface area contributed by atoms with Gasteiger partial charge in [-0.1, -0.05) is 6.92 Å². The first-order chi connectivity index (χ1) is 7.85. The van der Waals surface area contributed by atoms with E-state index in [0.717, 1.165) is 29.0 Å². The molecule has 0 bridgehead atoms. The molecule has 0 radical (unpaired) electrons. The van der Waals surface area contributed by atoms with Gasteiger partial charge in [-0.25, -0.2) is 9.97 Å². The van der Waals surface area contributed by atoms with Crippen LogP contribution in [0.2, 0.25) is 0 Å².